The smallest absolute Gasteiger partial charge is 0.271 e. The van der Waals surface area contributed by atoms with Crippen molar-refractivity contribution in [2.45, 2.75) is 19.6 Å². The van der Waals surface area contributed by atoms with Crippen LogP contribution in [0.15, 0.2) is 12.3 Å². The molecule has 0 aromatic carbocycles. The van der Waals surface area contributed by atoms with Crippen LogP contribution in [0.25, 0.3) is 0 Å². The topological polar surface area (TPSA) is 59.5 Å². The lowest BCUT2D eigenvalue weighted by Gasteiger charge is -1.99. The summed E-state index contributed by atoms with van der Waals surface area (Å²) < 4.78 is 6.71. The molecule has 1 atom stereocenters. The molecule has 2 rings (SSSR count). The lowest BCUT2D eigenvalue weighted by Crippen LogP contribution is -2.27. The highest BCUT2D eigenvalue weighted by molar-refractivity contribution is 5.92. The van der Waals surface area contributed by atoms with Crippen LogP contribution in [0, 0.1) is 0 Å². The lowest BCUT2D eigenvalue weighted by molar-refractivity contribution is 0.0944. The van der Waals surface area contributed by atoms with Gasteiger partial charge in [-0.1, -0.05) is 0 Å². The van der Waals surface area contributed by atoms with Crippen LogP contribution in [0.1, 0.15) is 17.4 Å². The van der Waals surface area contributed by atoms with Crippen LogP contribution in [0.4, 0.5) is 0 Å². The first-order valence-corrected chi connectivity index (χ1v) is 4.73. The predicted molar refractivity (Wildman–Crippen MR) is 50.0 cm³/mol. The second-order valence-corrected chi connectivity index (χ2v) is 3.22. The van der Waals surface area contributed by atoms with Gasteiger partial charge in [0.25, 0.3) is 5.91 Å². The second-order valence-electron chi connectivity index (χ2n) is 3.22. The number of carbonyl (C=O) groups is 1. The average molecular weight is 195 g/mol. The van der Waals surface area contributed by atoms with E-state index < -0.39 is 0 Å². The van der Waals surface area contributed by atoms with E-state index in [9.17, 15) is 4.79 Å². The normalized spacial score (nSPS) is 19.4. The molecular weight excluding hydrogens is 182 g/mol. The molecule has 0 spiro atoms. The Morgan fingerprint density at radius 1 is 1.86 bits per heavy atom. The van der Waals surface area contributed by atoms with Crippen LogP contribution in [0.2, 0.25) is 0 Å². The zero-order valence-electron chi connectivity index (χ0n) is 8.06. The van der Waals surface area contributed by atoms with Gasteiger partial charge < -0.3 is 10.1 Å². The molecule has 0 aliphatic carbocycles. The van der Waals surface area contributed by atoms with Gasteiger partial charge in [0.2, 0.25) is 0 Å². The van der Waals surface area contributed by atoms with Gasteiger partial charge in [0, 0.05) is 19.3 Å². The second kappa shape index (κ2) is 3.79. The number of aryl methyl sites for hydroxylation is 1. The molecule has 0 saturated carbocycles. The van der Waals surface area contributed by atoms with Gasteiger partial charge >= 0.3 is 0 Å². The van der Waals surface area contributed by atoms with Crippen LogP contribution in [-0.4, -0.2) is 34.9 Å². The van der Waals surface area contributed by atoms with E-state index in [0.717, 1.165) is 13.2 Å². The summed E-state index contributed by atoms with van der Waals surface area (Å²) >= 11 is 0. The SMILES string of the molecule is CCn1ccc(C(=O)NC[C@H]2CO2)n1. The minimum atomic E-state index is -0.132. The van der Waals surface area contributed by atoms with E-state index in [1.165, 1.54) is 0 Å². The van der Waals surface area contributed by atoms with Gasteiger partial charge in [-0.2, -0.15) is 5.10 Å². The summed E-state index contributed by atoms with van der Waals surface area (Å²) in [7, 11) is 0. The number of aromatic nitrogens is 2. The third kappa shape index (κ3) is 2.11. The van der Waals surface area contributed by atoms with Gasteiger partial charge in [-0.15, -0.1) is 0 Å². The Bertz CT molecular complexity index is 331. The fourth-order valence-electron chi connectivity index (χ4n) is 1.14. The van der Waals surface area contributed by atoms with Crippen molar-refractivity contribution in [2.75, 3.05) is 13.2 Å². The molecular formula is C9H13N3O2. The highest BCUT2D eigenvalue weighted by Gasteiger charge is 2.23. The van der Waals surface area contributed by atoms with Crippen LogP contribution in [0.3, 0.4) is 0 Å². The molecule has 1 aliphatic rings. The van der Waals surface area contributed by atoms with Gasteiger partial charge in [0.1, 0.15) is 5.69 Å². The monoisotopic (exact) mass is 195 g/mol. The van der Waals surface area contributed by atoms with E-state index in [2.05, 4.69) is 10.4 Å². The quantitative estimate of drug-likeness (QED) is 0.690. The first-order valence-electron chi connectivity index (χ1n) is 4.73. The maximum absolute atomic E-state index is 11.5. The Hall–Kier alpha value is -1.36. The molecule has 2 heterocycles. The van der Waals surface area contributed by atoms with Gasteiger partial charge in [-0.25, -0.2) is 0 Å². The summed E-state index contributed by atoms with van der Waals surface area (Å²) in [6.45, 7) is 4.09. The van der Waals surface area contributed by atoms with Gasteiger partial charge in [-0.05, 0) is 13.0 Å². The Morgan fingerprint density at radius 2 is 2.64 bits per heavy atom. The number of nitrogens with zero attached hydrogens (tertiary/aromatic N) is 2. The highest BCUT2D eigenvalue weighted by atomic mass is 16.6. The Kier molecular flexibility index (Phi) is 2.49. The number of hydrogen-bond donors (Lipinski definition) is 1. The predicted octanol–water partition coefficient (Wildman–Crippen LogP) is 0.0316. The van der Waals surface area contributed by atoms with Crippen LogP contribution in [0.5, 0.6) is 0 Å². The minimum Gasteiger partial charge on any atom is -0.371 e. The first kappa shape index (κ1) is 9.21. The first-order chi connectivity index (χ1) is 6.79. The molecule has 5 nitrogen and oxygen atoms in total. The van der Waals surface area contributed by atoms with Crippen molar-refractivity contribution in [3.05, 3.63) is 18.0 Å². The van der Waals surface area contributed by atoms with Crippen molar-refractivity contribution in [2.24, 2.45) is 0 Å². The molecule has 76 valence electrons. The Balaban J connectivity index is 1.88. The lowest BCUT2D eigenvalue weighted by atomic mass is 10.4. The molecule has 1 aromatic rings. The molecule has 1 aromatic heterocycles. The number of nitrogens with one attached hydrogen (secondary N) is 1. The van der Waals surface area contributed by atoms with Crippen molar-refractivity contribution >= 4 is 5.91 Å². The molecule has 5 heteroatoms. The van der Waals surface area contributed by atoms with Crippen LogP contribution >= 0.6 is 0 Å². The van der Waals surface area contributed by atoms with Crippen molar-refractivity contribution in [1.82, 2.24) is 15.1 Å². The zero-order valence-corrected chi connectivity index (χ0v) is 8.06. The largest absolute Gasteiger partial charge is 0.371 e. The summed E-state index contributed by atoms with van der Waals surface area (Å²) in [5.41, 5.74) is 0.465. The molecule has 0 radical (unpaired) electrons. The van der Waals surface area contributed by atoms with Crippen molar-refractivity contribution < 1.29 is 9.53 Å². The summed E-state index contributed by atoms with van der Waals surface area (Å²) in [4.78, 5) is 11.5. The van der Waals surface area contributed by atoms with Crippen molar-refractivity contribution in [1.29, 1.82) is 0 Å². The zero-order chi connectivity index (χ0) is 9.97. The third-order valence-electron chi connectivity index (χ3n) is 2.09. The summed E-state index contributed by atoms with van der Waals surface area (Å²) in [6.07, 6.45) is 2.01. The van der Waals surface area contributed by atoms with Gasteiger partial charge in [0.15, 0.2) is 0 Å². The van der Waals surface area contributed by atoms with E-state index in [-0.39, 0.29) is 12.0 Å². The maximum Gasteiger partial charge on any atom is 0.271 e. The molecule has 0 unspecified atom stereocenters. The van der Waals surface area contributed by atoms with Crippen molar-refractivity contribution in [3.63, 3.8) is 0 Å². The highest BCUT2D eigenvalue weighted by Crippen LogP contribution is 2.06. The fraction of sp³-hybridized carbons (Fsp3) is 0.556. The van der Waals surface area contributed by atoms with E-state index in [0.29, 0.717) is 12.2 Å². The Morgan fingerprint density at radius 3 is 3.21 bits per heavy atom. The number of ether oxygens (including phenoxy) is 1. The molecule has 1 amide bonds. The molecule has 1 saturated heterocycles. The number of epoxide rings is 1. The molecule has 1 fully saturated rings. The number of hydrogen-bond acceptors (Lipinski definition) is 3. The summed E-state index contributed by atoms with van der Waals surface area (Å²) in [5, 5.41) is 6.85. The molecule has 14 heavy (non-hydrogen) atoms. The molecule has 1 N–H and O–H groups in total. The van der Waals surface area contributed by atoms with E-state index in [4.69, 9.17) is 4.74 Å². The van der Waals surface area contributed by atoms with E-state index >= 15 is 0 Å². The van der Waals surface area contributed by atoms with Gasteiger partial charge in [-0.3, -0.25) is 9.48 Å². The number of rotatable bonds is 4. The maximum atomic E-state index is 11.5. The molecule has 1 aliphatic heterocycles. The number of amides is 1. The molecule has 0 bridgehead atoms. The third-order valence-corrected chi connectivity index (χ3v) is 2.09. The average Bonchev–Trinajstić information content (AvgIpc) is 2.90. The minimum absolute atomic E-state index is 0.132. The number of carbonyl (C=O) groups excluding carboxylic acids is 1. The van der Waals surface area contributed by atoms with E-state index in [1.807, 2.05) is 6.92 Å². The van der Waals surface area contributed by atoms with Crippen LogP contribution in [-0.2, 0) is 11.3 Å². The standard InChI is InChI=1S/C9H13N3O2/c1-2-12-4-3-8(11-12)9(13)10-5-7-6-14-7/h3-4,7H,2,5-6H2,1H3,(H,10,13)/t7-/m0/s1. The van der Waals surface area contributed by atoms with Crippen LogP contribution < -0.4 is 5.32 Å². The summed E-state index contributed by atoms with van der Waals surface area (Å²) in [5.74, 6) is -0.132. The van der Waals surface area contributed by atoms with E-state index in [1.54, 1.807) is 16.9 Å². The summed E-state index contributed by atoms with van der Waals surface area (Å²) in [6, 6.07) is 1.71. The van der Waals surface area contributed by atoms with Gasteiger partial charge in [0.05, 0.1) is 12.7 Å². The fourth-order valence-corrected chi connectivity index (χ4v) is 1.14. The van der Waals surface area contributed by atoms with Crippen molar-refractivity contribution in [3.8, 4) is 0 Å². The Labute approximate surface area is 82.0 Å².